The van der Waals surface area contributed by atoms with Crippen LogP contribution in [-0.4, -0.2) is 46.9 Å². The standard InChI is InChI=1S/C56H95NO5/c1-4-7-10-13-16-19-22-24-26-28-30-33-35-38-41-44-47-52(62-56(61)49-46-43-40-37-34-31-29-27-25-23-20-17-14-11-8-5-2)50-55(60)57-53(51-58)54(59)48-45-42-39-36-32-21-18-15-12-9-6-3/h8,11,17,20,22,24-28,30-31,33-34,40,43,52-54,58-59H,4-7,9-10,12-16,18-19,21,23,29,32,35-39,41-42,44-51H2,1-3H3,(H,57,60)/b11-8+,20-17+,24-22+,27-25+,28-26+,33-30+,34-31+,43-40+. The van der Waals surface area contributed by atoms with Crippen LogP contribution in [0.15, 0.2) is 97.2 Å². The first-order valence-corrected chi connectivity index (χ1v) is 25.5. The number of carbonyl (C=O) groups excluding carboxylic acids is 2. The van der Waals surface area contributed by atoms with Gasteiger partial charge in [-0.2, -0.15) is 0 Å². The summed E-state index contributed by atoms with van der Waals surface area (Å²) in [6.45, 7) is 6.31. The fourth-order valence-electron chi connectivity index (χ4n) is 7.13. The van der Waals surface area contributed by atoms with Gasteiger partial charge in [0.2, 0.25) is 5.91 Å². The third kappa shape index (κ3) is 43.4. The molecule has 0 radical (unpaired) electrons. The maximum Gasteiger partial charge on any atom is 0.306 e. The van der Waals surface area contributed by atoms with Crippen LogP contribution in [0.3, 0.4) is 0 Å². The second kappa shape index (κ2) is 48.8. The Labute approximate surface area is 382 Å². The van der Waals surface area contributed by atoms with Gasteiger partial charge in [-0.05, 0) is 83.5 Å². The molecule has 3 unspecified atom stereocenters. The summed E-state index contributed by atoms with van der Waals surface area (Å²) < 4.78 is 5.87. The molecule has 1 amide bonds. The van der Waals surface area contributed by atoms with Crippen LogP contribution in [-0.2, 0) is 14.3 Å². The molecule has 6 nitrogen and oxygen atoms in total. The minimum atomic E-state index is -0.814. The zero-order valence-electron chi connectivity index (χ0n) is 40.2. The van der Waals surface area contributed by atoms with E-state index in [2.05, 4.69) is 117 Å². The van der Waals surface area contributed by atoms with Gasteiger partial charge in [-0.1, -0.05) is 221 Å². The topological polar surface area (TPSA) is 95.9 Å². The number of hydrogen-bond acceptors (Lipinski definition) is 5. The van der Waals surface area contributed by atoms with Crippen LogP contribution in [0.2, 0.25) is 0 Å². The van der Waals surface area contributed by atoms with Crippen molar-refractivity contribution >= 4 is 11.9 Å². The summed E-state index contributed by atoms with van der Waals surface area (Å²) in [5.74, 6) is -0.614. The highest BCUT2D eigenvalue weighted by Gasteiger charge is 2.24. The Morgan fingerprint density at radius 1 is 0.500 bits per heavy atom. The predicted molar refractivity (Wildman–Crippen MR) is 268 cm³/mol. The van der Waals surface area contributed by atoms with E-state index in [-0.39, 0.29) is 31.3 Å². The van der Waals surface area contributed by atoms with E-state index in [0.717, 1.165) is 83.5 Å². The molecule has 0 aromatic rings. The molecule has 354 valence electrons. The molecule has 3 N–H and O–H groups in total. The molecule has 0 aromatic heterocycles. The Morgan fingerprint density at radius 3 is 1.44 bits per heavy atom. The van der Waals surface area contributed by atoms with E-state index in [1.807, 2.05) is 6.08 Å². The molecule has 6 heteroatoms. The lowest BCUT2D eigenvalue weighted by atomic mass is 10.0. The average molecular weight is 862 g/mol. The van der Waals surface area contributed by atoms with Crippen molar-refractivity contribution in [2.75, 3.05) is 6.61 Å². The number of nitrogens with one attached hydrogen (secondary N) is 1. The molecule has 0 saturated carbocycles. The number of carbonyl (C=O) groups is 2. The summed E-state index contributed by atoms with van der Waals surface area (Å²) in [6, 6.07) is -0.732. The number of allylic oxidation sites excluding steroid dienone is 16. The number of aliphatic hydroxyl groups is 2. The molecule has 0 aromatic carbocycles. The van der Waals surface area contributed by atoms with Crippen molar-refractivity contribution in [1.82, 2.24) is 5.32 Å². The third-order valence-corrected chi connectivity index (χ3v) is 11.0. The summed E-state index contributed by atoms with van der Waals surface area (Å²) in [5.41, 5.74) is 0. The van der Waals surface area contributed by atoms with Gasteiger partial charge in [-0.15, -0.1) is 0 Å². The number of esters is 1. The SMILES string of the molecule is CC/C=C/C/C=C/C/C=C/C/C=C/C/C=C/CCC(=O)OC(CCCCC/C=C/C=C/C=C/CCCCCCC)CC(=O)NC(CO)C(O)CCCCCCCCCCCCC. The van der Waals surface area contributed by atoms with Gasteiger partial charge in [0, 0.05) is 6.42 Å². The van der Waals surface area contributed by atoms with Crippen molar-refractivity contribution in [1.29, 1.82) is 0 Å². The molecular formula is C56H95NO5. The molecule has 0 saturated heterocycles. The molecule has 0 fully saturated rings. The van der Waals surface area contributed by atoms with Crippen molar-refractivity contribution in [3.05, 3.63) is 97.2 Å². The first-order chi connectivity index (χ1) is 30.5. The molecule has 3 atom stereocenters. The molecule has 0 aliphatic rings. The zero-order chi connectivity index (χ0) is 45.2. The number of amides is 1. The Hall–Kier alpha value is -3.22. The maximum atomic E-state index is 13.2. The van der Waals surface area contributed by atoms with E-state index in [1.165, 1.54) is 83.5 Å². The van der Waals surface area contributed by atoms with Gasteiger partial charge in [-0.25, -0.2) is 0 Å². The van der Waals surface area contributed by atoms with Gasteiger partial charge in [0.15, 0.2) is 0 Å². The molecule has 0 rings (SSSR count). The summed E-state index contributed by atoms with van der Waals surface area (Å²) in [4.78, 5) is 26.1. The lowest BCUT2D eigenvalue weighted by molar-refractivity contribution is -0.150. The zero-order valence-corrected chi connectivity index (χ0v) is 40.2. The highest BCUT2D eigenvalue weighted by Crippen LogP contribution is 2.16. The molecule has 0 bridgehead atoms. The van der Waals surface area contributed by atoms with E-state index < -0.39 is 18.2 Å². The average Bonchev–Trinajstić information content (AvgIpc) is 3.26. The van der Waals surface area contributed by atoms with Crippen LogP contribution in [0.25, 0.3) is 0 Å². The number of aliphatic hydroxyl groups excluding tert-OH is 2. The first kappa shape index (κ1) is 58.8. The minimum Gasteiger partial charge on any atom is -0.462 e. The predicted octanol–water partition coefficient (Wildman–Crippen LogP) is 15.3. The molecular weight excluding hydrogens is 767 g/mol. The second-order valence-corrected chi connectivity index (χ2v) is 16.9. The normalized spacial score (nSPS) is 14.1. The van der Waals surface area contributed by atoms with E-state index in [1.54, 1.807) is 0 Å². The van der Waals surface area contributed by atoms with E-state index >= 15 is 0 Å². The Bertz CT molecular complexity index is 1240. The van der Waals surface area contributed by atoms with Crippen molar-refractivity contribution in [2.45, 2.75) is 238 Å². The van der Waals surface area contributed by atoms with Crippen molar-refractivity contribution < 1.29 is 24.5 Å². The first-order valence-electron chi connectivity index (χ1n) is 25.5. The van der Waals surface area contributed by atoms with Crippen LogP contribution in [0.1, 0.15) is 220 Å². The fraction of sp³-hybridized carbons (Fsp3) is 0.679. The third-order valence-electron chi connectivity index (χ3n) is 11.0. The van der Waals surface area contributed by atoms with Crippen LogP contribution in [0.5, 0.6) is 0 Å². The maximum absolute atomic E-state index is 13.2. The monoisotopic (exact) mass is 862 g/mol. The highest BCUT2D eigenvalue weighted by atomic mass is 16.5. The minimum absolute atomic E-state index is 0.0199. The molecule has 0 heterocycles. The molecule has 0 spiro atoms. The number of ether oxygens (including phenoxy) is 1. The summed E-state index contributed by atoms with van der Waals surface area (Å²) >= 11 is 0. The van der Waals surface area contributed by atoms with Crippen molar-refractivity contribution in [3.63, 3.8) is 0 Å². The second-order valence-electron chi connectivity index (χ2n) is 16.9. The molecule has 0 aliphatic carbocycles. The quantitative estimate of drug-likeness (QED) is 0.0245. The fourth-order valence-corrected chi connectivity index (χ4v) is 7.13. The lowest BCUT2D eigenvalue weighted by Crippen LogP contribution is -2.46. The number of unbranched alkanes of at least 4 members (excludes halogenated alkanes) is 18. The summed E-state index contributed by atoms with van der Waals surface area (Å²) in [5, 5.41) is 23.7. The van der Waals surface area contributed by atoms with Crippen LogP contribution in [0, 0.1) is 0 Å². The Morgan fingerprint density at radius 2 is 0.935 bits per heavy atom. The number of hydrogen-bond donors (Lipinski definition) is 3. The van der Waals surface area contributed by atoms with Gasteiger partial charge < -0.3 is 20.3 Å². The van der Waals surface area contributed by atoms with E-state index in [9.17, 15) is 19.8 Å². The van der Waals surface area contributed by atoms with Crippen molar-refractivity contribution in [3.8, 4) is 0 Å². The van der Waals surface area contributed by atoms with Gasteiger partial charge in [-0.3, -0.25) is 9.59 Å². The molecule has 62 heavy (non-hydrogen) atoms. The number of rotatable bonds is 44. The summed E-state index contributed by atoms with van der Waals surface area (Å²) in [7, 11) is 0. The van der Waals surface area contributed by atoms with Crippen LogP contribution >= 0.6 is 0 Å². The van der Waals surface area contributed by atoms with E-state index in [4.69, 9.17) is 4.74 Å². The summed E-state index contributed by atoms with van der Waals surface area (Å²) in [6.07, 6.45) is 64.7. The van der Waals surface area contributed by atoms with Gasteiger partial charge in [0.1, 0.15) is 6.10 Å². The van der Waals surface area contributed by atoms with Gasteiger partial charge in [0.25, 0.3) is 0 Å². The largest absolute Gasteiger partial charge is 0.462 e. The van der Waals surface area contributed by atoms with Gasteiger partial charge >= 0.3 is 5.97 Å². The van der Waals surface area contributed by atoms with Gasteiger partial charge in [0.05, 0.1) is 25.2 Å². The smallest absolute Gasteiger partial charge is 0.306 e. The molecule has 0 aliphatic heterocycles. The van der Waals surface area contributed by atoms with E-state index in [0.29, 0.717) is 19.3 Å². The highest BCUT2D eigenvalue weighted by molar-refractivity contribution is 5.77. The Kier molecular flexibility index (Phi) is 46.3. The van der Waals surface area contributed by atoms with Crippen LogP contribution in [0.4, 0.5) is 0 Å². The van der Waals surface area contributed by atoms with Crippen LogP contribution < -0.4 is 5.32 Å². The Balaban J connectivity index is 4.81. The van der Waals surface area contributed by atoms with Crippen molar-refractivity contribution in [2.24, 2.45) is 0 Å². The lowest BCUT2D eigenvalue weighted by Gasteiger charge is -2.24.